The topological polar surface area (TPSA) is 108 Å². The summed E-state index contributed by atoms with van der Waals surface area (Å²) in [5.74, 6) is 0. The van der Waals surface area contributed by atoms with Crippen LogP contribution in [0.1, 0.15) is 18.2 Å². The van der Waals surface area contributed by atoms with Crippen molar-refractivity contribution < 1.29 is 14.2 Å². The Morgan fingerprint density at radius 1 is 1.67 bits per heavy atom. The molecule has 2 N–H and O–H groups in total. The fourth-order valence-electron chi connectivity index (χ4n) is 1.30. The van der Waals surface area contributed by atoms with Gasteiger partial charge in [0.2, 0.25) is 6.36 Å². The van der Waals surface area contributed by atoms with Crippen LogP contribution in [0.4, 0.5) is 4.39 Å². The monoisotopic (exact) mass is 257 g/mol. The van der Waals surface area contributed by atoms with Gasteiger partial charge in [0.05, 0.1) is 19.1 Å². The van der Waals surface area contributed by atoms with Gasteiger partial charge in [0.25, 0.3) is 5.56 Å². The maximum absolute atomic E-state index is 12.9. The highest BCUT2D eigenvalue weighted by molar-refractivity contribution is 5.01. The maximum Gasteiger partial charge on any atom is 0.330 e. The van der Waals surface area contributed by atoms with E-state index in [2.05, 4.69) is 0 Å². The minimum absolute atomic E-state index is 0.223. The number of nitrogens with one attached hydrogen (secondary N) is 1. The second-order valence-electron chi connectivity index (χ2n) is 3.52. The first kappa shape index (κ1) is 14.1. The Morgan fingerprint density at radius 2 is 2.33 bits per heavy atom. The lowest BCUT2D eigenvalue weighted by Gasteiger charge is -2.19. The van der Waals surface area contributed by atoms with Crippen LogP contribution < -0.4 is 11.2 Å². The second kappa shape index (κ2) is 6.09. The number of nitriles is 1. The van der Waals surface area contributed by atoms with Gasteiger partial charge in [-0.3, -0.25) is 14.3 Å². The molecule has 0 fully saturated rings. The fraction of sp³-hybridized carbons (Fsp3) is 0.500. The number of hydrogen-bond acceptors (Lipinski definition) is 5. The van der Waals surface area contributed by atoms with Crippen LogP contribution in [0.3, 0.4) is 0 Å². The molecule has 0 unspecified atom stereocenters. The normalized spacial score (nSPS) is 13.9. The molecule has 8 heteroatoms. The van der Waals surface area contributed by atoms with E-state index in [-0.39, 0.29) is 12.0 Å². The van der Waals surface area contributed by atoms with Crippen molar-refractivity contribution in [3.05, 3.63) is 32.6 Å². The van der Waals surface area contributed by atoms with Crippen LogP contribution in [-0.2, 0) is 4.74 Å². The Kier molecular flexibility index (Phi) is 4.76. The number of rotatable bonds is 5. The van der Waals surface area contributed by atoms with Gasteiger partial charge >= 0.3 is 5.69 Å². The van der Waals surface area contributed by atoms with Crippen molar-refractivity contribution >= 4 is 0 Å². The van der Waals surface area contributed by atoms with E-state index >= 15 is 0 Å². The SMILES string of the molecule is Cc1cn([C@@H](CC#N)O[C@H](F)CO)c(=O)[nH]c1=O. The molecule has 0 radical (unpaired) electrons. The third-order valence-electron chi connectivity index (χ3n) is 2.17. The van der Waals surface area contributed by atoms with Gasteiger partial charge in [-0.05, 0) is 6.92 Å². The van der Waals surface area contributed by atoms with Crippen LogP contribution in [0, 0.1) is 18.3 Å². The summed E-state index contributed by atoms with van der Waals surface area (Å²) in [5.41, 5.74) is -1.15. The van der Waals surface area contributed by atoms with Crippen molar-refractivity contribution in [1.82, 2.24) is 9.55 Å². The van der Waals surface area contributed by atoms with Crippen molar-refractivity contribution in [3.63, 3.8) is 0 Å². The maximum atomic E-state index is 12.9. The van der Waals surface area contributed by atoms with Gasteiger partial charge in [0.15, 0.2) is 6.23 Å². The first-order valence-electron chi connectivity index (χ1n) is 5.09. The second-order valence-corrected chi connectivity index (χ2v) is 3.52. The Bertz CT molecular complexity index is 559. The largest absolute Gasteiger partial charge is 0.391 e. The molecular formula is C10H12FN3O4. The molecular weight excluding hydrogens is 245 g/mol. The highest BCUT2D eigenvalue weighted by Crippen LogP contribution is 2.13. The van der Waals surface area contributed by atoms with Gasteiger partial charge in [0, 0.05) is 11.8 Å². The number of aryl methyl sites for hydroxylation is 1. The number of halogens is 1. The van der Waals surface area contributed by atoms with E-state index in [1.54, 1.807) is 6.07 Å². The Hall–Kier alpha value is -1.98. The lowest BCUT2D eigenvalue weighted by molar-refractivity contribution is -0.135. The molecule has 1 aromatic rings. The average molecular weight is 257 g/mol. The minimum atomic E-state index is -2.01. The highest BCUT2D eigenvalue weighted by atomic mass is 19.1. The Morgan fingerprint density at radius 3 is 2.89 bits per heavy atom. The number of hydrogen-bond donors (Lipinski definition) is 2. The van der Waals surface area contributed by atoms with E-state index in [9.17, 15) is 14.0 Å². The van der Waals surface area contributed by atoms with Crippen LogP contribution in [0.2, 0.25) is 0 Å². The number of aliphatic hydroxyl groups is 1. The highest BCUT2D eigenvalue weighted by Gasteiger charge is 2.18. The number of ether oxygens (including phenoxy) is 1. The number of H-pyrrole nitrogens is 1. The first-order chi connectivity index (χ1) is 8.49. The number of aliphatic hydroxyl groups excluding tert-OH is 1. The molecule has 0 saturated heterocycles. The summed E-state index contributed by atoms with van der Waals surface area (Å²) >= 11 is 0. The van der Waals surface area contributed by atoms with Gasteiger partial charge in [-0.1, -0.05) is 0 Å². The van der Waals surface area contributed by atoms with Crippen molar-refractivity contribution in [3.8, 4) is 6.07 Å². The van der Waals surface area contributed by atoms with Crippen molar-refractivity contribution in [1.29, 1.82) is 5.26 Å². The summed E-state index contributed by atoms with van der Waals surface area (Å²) in [6.45, 7) is 0.566. The van der Waals surface area contributed by atoms with Gasteiger partial charge in [-0.15, -0.1) is 0 Å². The molecule has 0 spiro atoms. The number of nitrogens with zero attached hydrogens (tertiary/aromatic N) is 2. The molecule has 0 amide bonds. The van der Waals surface area contributed by atoms with Gasteiger partial charge in [-0.25, -0.2) is 9.18 Å². The molecule has 0 aliphatic heterocycles. The zero-order valence-corrected chi connectivity index (χ0v) is 9.59. The minimum Gasteiger partial charge on any atom is -0.391 e. The van der Waals surface area contributed by atoms with Crippen molar-refractivity contribution in [2.45, 2.75) is 25.9 Å². The third-order valence-corrected chi connectivity index (χ3v) is 2.17. The fourth-order valence-corrected chi connectivity index (χ4v) is 1.30. The zero-order chi connectivity index (χ0) is 13.7. The summed E-state index contributed by atoms with van der Waals surface area (Å²) in [6.07, 6.45) is -2.35. The predicted molar refractivity (Wildman–Crippen MR) is 58.4 cm³/mol. The smallest absolute Gasteiger partial charge is 0.330 e. The average Bonchev–Trinajstić information content (AvgIpc) is 2.33. The van der Waals surface area contributed by atoms with Crippen LogP contribution in [0.5, 0.6) is 0 Å². The molecule has 2 atom stereocenters. The van der Waals surface area contributed by atoms with E-state index in [0.717, 1.165) is 4.57 Å². The lowest BCUT2D eigenvalue weighted by Crippen LogP contribution is -2.35. The lowest BCUT2D eigenvalue weighted by atomic mass is 10.3. The molecule has 1 aromatic heterocycles. The van der Waals surface area contributed by atoms with Crippen LogP contribution in [-0.4, -0.2) is 27.6 Å². The van der Waals surface area contributed by atoms with Crippen molar-refractivity contribution in [2.75, 3.05) is 6.61 Å². The van der Waals surface area contributed by atoms with E-state index in [1.807, 2.05) is 4.98 Å². The van der Waals surface area contributed by atoms with E-state index in [4.69, 9.17) is 15.1 Å². The standard InChI is InChI=1S/C10H12FN3O4/c1-6-4-14(10(17)13-9(6)16)8(2-3-12)18-7(11)5-15/h4,7-8,15H,2,5H2,1H3,(H,13,16,17)/t7-,8+/m0/s1. The summed E-state index contributed by atoms with van der Waals surface area (Å²) in [5, 5.41) is 17.1. The van der Waals surface area contributed by atoms with Crippen LogP contribution in [0.15, 0.2) is 15.8 Å². The van der Waals surface area contributed by atoms with E-state index in [1.165, 1.54) is 13.1 Å². The Labute approximate surface area is 101 Å². The third kappa shape index (κ3) is 3.26. The van der Waals surface area contributed by atoms with Crippen molar-refractivity contribution in [2.24, 2.45) is 0 Å². The van der Waals surface area contributed by atoms with E-state index in [0.29, 0.717) is 0 Å². The molecule has 0 aliphatic rings. The van der Waals surface area contributed by atoms with E-state index < -0.39 is 30.4 Å². The summed E-state index contributed by atoms with van der Waals surface area (Å²) in [7, 11) is 0. The molecule has 0 aliphatic carbocycles. The summed E-state index contributed by atoms with van der Waals surface area (Å²) in [4.78, 5) is 24.7. The molecule has 18 heavy (non-hydrogen) atoms. The Balaban J connectivity index is 3.14. The van der Waals surface area contributed by atoms with Gasteiger partial charge in [0.1, 0.15) is 0 Å². The van der Waals surface area contributed by atoms with Crippen LogP contribution in [0.25, 0.3) is 0 Å². The van der Waals surface area contributed by atoms with Gasteiger partial charge < -0.3 is 9.84 Å². The first-order valence-corrected chi connectivity index (χ1v) is 5.09. The van der Waals surface area contributed by atoms with Crippen LogP contribution >= 0.6 is 0 Å². The van der Waals surface area contributed by atoms with Gasteiger partial charge in [-0.2, -0.15) is 5.26 Å². The quantitative estimate of drug-likeness (QED) is 0.743. The molecule has 0 aromatic carbocycles. The number of alkyl halides is 1. The predicted octanol–water partition coefficient (Wildman–Crippen LogP) is -0.438. The molecule has 0 bridgehead atoms. The zero-order valence-electron chi connectivity index (χ0n) is 9.59. The molecule has 7 nitrogen and oxygen atoms in total. The summed E-state index contributed by atoms with van der Waals surface area (Å²) in [6, 6.07) is 1.73. The molecule has 0 saturated carbocycles. The molecule has 98 valence electrons. The summed E-state index contributed by atoms with van der Waals surface area (Å²) < 4.78 is 18.5. The molecule has 1 heterocycles. The number of aromatic amines is 1. The number of aromatic nitrogens is 2. The molecule has 1 rings (SSSR count).